The molecule has 1 heterocycles. The number of nitrogens with zero attached hydrogens (tertiary/aromatic N) is 3. The van der Waals surface area contributed by atoms with Crippen LogP contribution in [0.3, 0.4) is 0 Å². The third-order valence-electron chi connectivity index (χ3n) is 3.82. The normalized spacial score (nSPS) is 14.8. The Hall–Kier alpha value is -1.81. The zero-order valence-corrected chi connectivity index (χ0v) is 11.8. The summed E-state index contributed by atoms with van der Waals surface area (Å²) in [6, 6.07) is 9.03. The van der Waals surface area contributed by atoms with Gasteiger partial charge in [-0.25, -0.2) is 4.98 Å². The minimum atomic E-state index is 0.777. The standard InChI is InChI=1S/C16H22N4/c17-15-4-1-3-14(11-15)12-20(16-5-6-16)9-2-8-19-10-7-18-13-19/h1,3-4,7,10-11,13,16H,2,5-6,8-9,12,17H2. The fourth-order valence-electron chi connectivity index (χ4n) is 2.63. The Morgan fingerprint density at radius 2 is 2.25 bits per heavy atom. The second kappa shape index (κ2) is 6.09. The van der Waals surface area contributed by atoms with Crippen LogP contribution in [-0.2, 0) is 13.1 Å². The van der Waals surface area contributed by atoms with Crippen LogP contribution in [0.25, 0.3) is 0 Å². The van der Waals surface area contributed by atoms with Gasteiger partial charge in [0.15, 0.2) is 0 Å². The summed E-state index contributed by atoms with van der Waals surface area (Å²) >= 11 is 0. The number of nitrogens with two attached hydrogens (primary N) is 1. The summed E-state index contributed by atoms with van der Waals surface area (Å²) < 4.78 is 2.14. The number of aromatic nitrogens is 2. The van der Waals surface area contributed by atoms with Crippen molar-refractivity contribution < 1.29 is 0 Å². The second-order valence-corrected chi connectivity index (χ2v) is 5.60. The van der Waals surface area contributed by atoms with Crippen LogP contribution in [0, 0.1) is 0 Å². The van der Waals surface area contributed by atoms with Crippen molar-refractivity contribution in [1.82, 2.24) is 14.5 Å². The molecular formula is C16H22N4. The van der Waals surface area contributed by atoms with Gasteiger partial charge in [-0.3, -0.25) is 4.90 Å². The third-order valence-corrected chi connectivity index (χ3v) is 3.82. The minimum absolute atomic E-state index is 0.777. The zero-order chi connectivity index (χ0) is 13.8. The molecule has 0 amide bonds. The fraction of sp³-hybridized carbons (Fsp3) is 0.438. The van der Waals surface area contributed by atoms with Gasteiger partial charge in [0.05, 0.1) is 6.33 Å². The molecule has 106 valence electrons. The minimum Gasteiger partial charge on any atom is -0.399 e. The summed E-state index contributed by atoms with van der Waals surface area (Å²) in [7, 11) is 0. The Morgan fingerprint density at radius 3 is 2.95 bits per heavy atom. The molecule has 1 fully saturated rings. The molecule has 2 N–H and O–H groups in total. The summed E-state index contributed by atoms with van der Waals surface area (Å²) in [6.45, 7) is 3.19. The number of imidazole rings is 1. The summed E-state index contributed by atoms with van der Waals surface area (Å²) in [4.78, 5) is 6.67. The van der Waals surface area contributed by atoms with E-state index in [4.69, 9.17) is 5.73 Å². The lowest BCUT2D eigenvalue weighted by Crippen LogP contribution is -2.27. The number of benzene rings is 1. The largest absolute Gasteiger partial charge is 0.399 e. The van der Waals surface area contributed by atoms with Crippen molar-refractivity contribution in [1.29, 1.82) is 0 Å². The molecule has 4 heteroatoms. The van der Waals surface area contributed by atoms with E-state index in [9.17, 15) is 0 Å². The lowest BCUT2D eigenvalue weighted by molar-refractivity contribution is 0.246. The average molecular weight is 270 g/mol. The number of hydrogen-bond donors (Lipinski definition) is 1. The highest BCUT2D eigenvalue weighted by Gasteiger charge is 2.28. The van der Waals surface area contributed by atoms with Crippen molar-refractivity contribution in [2.24, 2.45) is 0 Å². The van der Waals surface area contributed by atoms with Crippen LogP contribution in [0.15, 0.2) is 43.0 Å². The Kier molecular flexibility index (Phi) is 4.02. The lowest BCUT2D eigenvalue weighted by atomic mass is 10.2. The number of anilines is 1. The van der Waals surface area contributed by atoms with Crippen LogP contribution in [0.4, 0.5) is 5.69 Å². The van der Waals surface area contributed by atoms with E-state index in [1.807, 2.05) is 30.9 Å². The fourth-order valence-corrected chi connectivity index (χ4v) is 2.63. The molecule has 3 rings (SSSR count). The van der Waals surface area contributed by atoms with Gasteiger partial charge in [0.2, 0.25) is 0 Å². The van der Waals surface area contributed by atoms with Gasteiger partial charge in [-0.1, -0.05) is 12.1 Å². The molecule has 1 saturated carbocycles. The summed E-state index contributed by atoms with van der Waals surface area (Å²) in [5, 5.41) is 0. The van der Waals surface area contributed by atoms with Crippen molar-refractivity contribution in [2.45, 2.75) is 38.4 Å². The van der Waals surface area contributed by atoms with Crippen LogP contribution in [-0.4, -0.2) is 27.0 Å². The maximum atomic E-state index is 5.86. The second-order valence-electron chi connectivity index (χ2n) is 5.60. The van der Waals surface area contributed by atoms with Gasteiger partial charge in [0, 0.05) is 43.8 Å². The number of rotatable bonds is 7. The van der Waals surface area contributed by atoms with Crippen molar-refractivity contribution in [3.8, 4) is 0 Å². The van der Waals surface area contributed by atoms with E-state index < -0.39 is 0 Å². The lowest BCUT2D eigenvalue weighted by Gasteiger charge is -2.22. The number of hydrogen-bond acceptors (Lipinski definition) is 3. The molecule has 0 unspecified atom stereocenters. The van der Waals surface area contributed by atoms with Crippen molar-refractivity contribution in [3.05, 3.63) is 48.5 Å². The molecule has 1 aliphatic carbocycles. The Morgan fingerprint density at radius 1 is 1.35 bits per heavy atom. The molecular weight excluding hydrogens is 248 g/mol. The summed E-state index contributed by atoms with van der Waals surface area (Å²) in [5.41, 5.74) is 8.04. The molecule has 0 bridgehead atoms. The molecule has 0 spiro atoms. The third kappa shape index (κ3) is 3.61. The van der Waals surface area contributed by atoms with Crippen LogP contribution in [0.5, 0.6) is 0 Å². The van der Waals surface area contributed by atoms with E-state index in [0.29, 0.717) is 0 Å². The highest BCUT2D eigenvalue weighted by Crippen LogP contribution is 2.28. The highest BCUT2D eigenvalue weighted by molar-refractivity contribution is 5.40. The van der Waals surface area contributed by atoms with E-state index in [0.717, 1.165) is 37.8 Å². The first-order valence-corrected chi connectivity index (χ1v) is 7.35. The predicted octanol–water partition coefficient (Wildman–Crippen LogP) is 2.52. The topological polar surface area (TPSA) is 47.1 Å². The Bertz CT molecular complexity index is 531. The van der Waals surface area contributed by atoms with Gasteiger partial charge in [0.1, 0.15) is 0 Å². The van der Waals surface area contributed by atoms with Gasteiger partial charge in [-0.05, 0) is 37.0 Å². The van der Waals surface area contributed by atoms with Crippen LogP contribution in [0.1, 0.15) is 24.8 Å². The van der Waals surface area contributed by atoms with Crippen LogP contribution < -0.4 is 5.73 Å². The molecule has 2 aromatic rings. The van der Waals surface area contributed by atoms with Gasteiger partial charge < -0.3 is 10.3 Å². The summed E-state index contributed by atoms with van der Waals surface area (Å²) in [5.74, 6) is 0. The van der Waals surface area contributed by atoms with Crippen LogP contribution in [0.2, 0.25) is 0 Å². The van der Waals surface area contributed by atoms with Gasteiger partial charge in [-0.15, -0.1) is 0 Å². The molecule has 4 nitrogen and oxygen atoms in total. The molecule has 1 aromatic heterocycles. The van der Waals surface area contributed by atoms with Gasteiger partial charge in [0.25, 0.3) is 0 Å². The zero-order valence-electron chi connectivity index (χ0n) is 11.8. The summed E-state index contributed by atoms with van der Waals surface area (Å²) in [6.07, 6.45) is 9.60. The van der Waals surface area contributed by atoms with E-state index in [2.05, 4.69) is 26.6 Å². The highest BCUT2D eigenvalue weighted by atomic mass is 15.2. The molecule has 20 heavy (non-hydrogen) atoms. The van der Waals surface area contributed by atoms with E-state index in [1.165, 1.54) is 18.4 Å². The molecule has 1 aromatic carbocycles. The molecule has 0 saturated heterocycles. The number of aryl methyl sites for hydroxylation is 1. The number of nitrogen functional groups attached to an aromatic ring is 1. The van der Waals surface area contributed by atoms with Gasteiger partial charge >= 0.3 is 0 Å². The molecule has 0 aliphatic heterocycles. The van der Waals surface area contributed by atoms with Crippen LogP contribution >= 0.6 is 0 Å². The van der Waals surface area contributed by atoms with Crippen molar-refractivity contribution >= 4 is 5.69 Å². The molecule has 0 atom stereocenters. The monoisotopic (exact) mass is 270 g/mol. The van der Waals surface area contributed by atoms with Crippen molar-refractivity contribution in [3.63, 3.8) is 0 Å². The maximum absolute atomic E-state index is 5.86. The van der Waals surface area contributed by atoms with E-state index in [-0.39, 0.29) is 0 Å². The molecule has 1 aliphatic rings. The van der Waals surface area contributed by atoms with Gasteiger partial charge in [-0.2, -0.15) is 0 Å². The first-order chi connectivity index (χ1) is 9.81. The molecule has 0 radical (unpaired) electrons. The first-order valence-electron chi connectivity index (χ1n) is 7.35. The SMILES string of the molecule is Nc1cccc(CN(CCCn2ccnc2)C2CC2)c1. The quantitative estimate of drug-likeness (QED) is 0.786. The maximum Gasteiger partial charge on any atom is 0.0945 e. The average Bonchev–Trinajstić information content (AvgIpc) is 3.15. The first kappa shape index (κ1) is 13.2. The van der Waals surface area contributed by atoms with E-state index in [1.54, 1.807) is 0 Å². The van der Waals surface area contributed by atoms with E-state index >= 15 is 0 Å². The van der Waals surface area contributed by atoms with Crippen molar-refractivity contribution in [2.75, 3.05) is 12.3 Å². The predicted molar refractivity (Wildman–Crippen MR) is 81.1 cm³/mol. The Balaban J connectivity index is 1.53. The Labute approximate surface area is 120 Å². The smallest absolute Gasteiger partial charge is 0.0945 e.